The first kappa shape index (κ1) is 15.0. The first-order valence-corrected chi connectivity index (χ1v) is 7.40. The highest BCUT2D eigenvalue weighted by molar-refractivity contribution is 7.99. The van der Waals surface area contributed by atoms with Gasteiger partial charge in [0.05, 0.1) is 0 Å². The Morgan fingerprint density at radius 2 is 1.75 bits per heavy atom. The summed E-state index contributed by atoms with van der Waals surface area (Å²) in [5.41, 5.74) is 1.84. The Morgan fingerprint density at radius 1 is 1.05 bits per heavy atom. The Bertz CT molecular complexity index is 549. The second kappa shape index (κ2) is 6.86. The van der Waals surface area contributed by atoms with Gasteiger partial charge in [-0.3, -0.25) is 0 Å². The van der Waals surface area contributed by atoms with E-state index < -0.39 is 0 Å². The summed E-state index contributed by atoms with van der Waals surface area (Å²) in [6.45, 7) is 1.88. The van der Waals surface area contributed by atoms with Crippen molar-refractivity contribution in [1.29, 1.82) is 0 Å². The van der Waals surface area contributed by atoms with E-state index in [-0.39, 0.29) is 17.7 Å². The third-order valence-corrected chi connectivity index (χ3v) is 4.15. The minimum absolute atomic E-state index is 0.0550. The van der Waals surface area contributed by atoms with E-state index in [1.807, 2.05) is 20.0 Å². The average molecular weight is 293 g/mol. The third-order valence-electron chi connectivity index (χ3n) is 3.05. The highest BCUT2D eigenvalue weighted by Crippen LogP contribution is 2.25. The van der Waals surface area contributed by atoms with Crippen LogP contribution in [0.3, 0.4) is 0 Å². The van der Waals surface area contributed by atoms with Crippen LogP contribution in [-0.2, 0) is 0 Å². The number of hydrogen-bond acceptors (Lipinski definition) is 2. The summed E-state index contributed by atoms with van der Waals surface area (Å²) in [5.74, 6) is 0.303. The zero-order chi connectivity index (χ0) is 14.5. The molecule has 2 rings (SSSR count). The van der Waals surface area contributed by atoms with Crippen LogP contribution in [0.15, 0.2) is 47.4 Å². The fourth-order valence-electron chi connectivity index (χ4n) is 2.02. The van der Waals surface area contributed by atoms with Gasteiger partial charge in [-0.15, -0.1) is 11.8 Å². The molecular weight excluding hydrogens is 276 g/mol. The summed E-state index contributed by atoms with van der Waals surface area (Å²) in [6.07, 6.45) is 0. The van der Waals surface area contributed by atoms with Crippen molar-refractivity contribution >= 4 is 11.8 Å². The molecule has 0 bridgehead atoms. The topological polar surface area (TPSA) is 12.0 Å². The van der Waals surface area contributed by atoms with E-state index in [4.69, 9.17) is 0 Å². The van der Waals surface area contributed by atoms with Crippen LogP contribution in [0.4, 0.5) is 8.78 Å². The zero-order valence-electron chi connectivity index (χ0n) is 11.5. The Balaban J connectivity index is 2.07. The first-order valence-electron chi connectivity index (χ1n) is 6.41. The summed E-state index contributed by atoms with van der Waals surface area (Å²) in [5, 5.41) is 3.19. The molecule has 1 unspecified atom stereocenters. The van der Waals surface area contributed by atoms with E-state index in [2.05, 4.69) is 5.32 Å². The van der Waals surface area contributed by atoms with Gasteiger partial charge in [-0.1, -0.05) is 6.07 Å². The zero-order valence-corrected chi connectivity index (χ0v) is 12.3. The molecule has 0 heterocycles. The molecule has 2 aromatic carbocycles. The van der Waals surface area contributed by atoms with Crippen LogP contribution in [0.25, 0.3) is 0 Å². The highest BCUT2D eigenvalue weighted by atomic mass is 32.2. The van der Waals surface area contributed by atoms with Crippen LogP contribution in [0, 0.1) is 18.6 Å². The molecule has 0 saturated heterocycles. The van der Waals surface area contributed by atoms with Crippen molar-refractivity contribution in [2.24, 2.45) is 0 Å². The summed E-state index contributed by atoms with van der Waals surface area (Å²) in [7, 11) is 1.86. The average Bonchev–Trinajstić information content (AvgIpc) is 2.40. The van der Waals surface area contributed by atoms with E-state index in [1.165, 1.54) is 18.2 Å². The number of halogens is 2. The Morgan fingerprint density at radius 3 is 2.35 bits per heavy atom. The summed E-state index contributed by atoms with van der Waals surface area (Å²) in [6, 6.07) is 11.5. The predicted molar refractivity (Wildman–Crippen MR) is 80.1 cm³/mol. The maximum absolute atomic E-state index is 13.5. The number of aryl methyl sites for hydroxylation is 1. The molecule has 0 fully saturated rings. The second-order valence-electron chi connectivity index (χ2n) is 4.67. The van der Waals surface area contributed by atoms with Crippen LogP contribution in [0.1, 0.15) is 17.2 Å². The van der Waals surface area contributed by atoms with Gasteiger partial charge < -0.3 is 5.32 Å². The lowest BCUT2D eigenvalue weighted by Gasteiger charge is -2.17. The van der Waals surface area contributed by atoms with Gasteiger partial charge in [0.15, 0.2) is 0 Å². The lowest BCUT2D eigenvalue weighted by atomic mass is 10.1. The number of benzene rings is 2. The van der Waals surface area contributed by atoms with Gasteiger partial charge >= 0.3 is 0 Å². The molecule has 2 aromatic rings. The van der Waals surface area contributed by atoms with Crippen LogP contribution in [0.2, 0.25) is 0 Å². The molecule has 0 aromatic heterocycles. The molecule has 1 N–H and O–H groups in total. The molecular formula is C16H17F2NS. The Labute approximate surface area is 122 Å². The standard InChI is InChI=1S/C16H17F2NS/c1-11-7-12(9-14(18)8-11)16(19-2)10-20-15-5-3-13(17)4-6-15/h3-9,16,19H,10H2,1-2H3. The Hall–Kier alpha value is -1.39. The number of thioether (sulfide) groups is 1. The number of nitrogens with one attached hydrogen (secondary N) is 1. The van der Waals surface area contributed by atoms with E-state index in [1.54, 1.807) is 30.0 Å². The van der Waals surface area contributed by atoms with Crippen molar-refractivity contribution in [2.45, 2.75) is 17.9 Å². The summed E-state index contributed by atoms with van der Waals surface area (Å²) in [4.78, 5) is 1.000. The monoisotopic (exact) mass is 293 g/mol. The normalized spacial score (nSPS) is 12.4. The van der Waals surface area contributed by atoms with Crippen molar-refractivity contribution in [1.82, 2.24) is 5.32 Å². The SMILES string of the molecule is CNC(CSc1ccc(F)cc1)c1cc(C)cc(F)c1. The quantitative estimate of drug-likeness (QED) is 0.824. The molecule has 4 heteroatoms. The molecule has 1 nitrogen and oxygen atoms in total. The molecule has 0 aliphatic rings. The Kier molecular flexibility index (Phi) is 5.15. The molecule has 106 valence electrons. The van der Waals surface area contributed by atoms with E-state index >= 15 is 0 Å². The molecule has 20 heavy (non-hydrogen) atoms. The number of hydrogen-bond donors (Lipinski definition) is 1. The molecule has 0 amide bonds. The van der Waals surface area contributed by atoms with Crippen molar-refractivity contribution < 1.29 is 8.78 Å². The minimum atomic E-state index is -0.236. The number of rotatable bonds is 5. The summed E-state index contributed by atoms with van der Waals surface area (Å²) >= 11 is 1.62. The van der Waals surface area contributed by atoms with Gasteiger partial charge in [0.25, 0.3) is 0 Å². The smallest absolute Gasteiger partial charge is 0.123 e. The fraction of sp³-hybridized carbons (Fsp3) is 0.250. The first-order chi connectivity index (χ1) is 9.58. The maximum Gasteiger partial charge on any atom is 0.123 e. The molecule has 0 saturated carbocycles. The predicted octanol–water partition coefficient (Wildman–Crippen LogP) is 4.33. The van der Waals surface area contributed by atoms with Crippen molar-refractivity contribution in [3.63, 3.8) is 0 Å². The van der Waals surface area contributed by atoms with Gasteiger partial charge in [-0.05, 0) is 61.5 Å². The van der Waals surface area contributed by atoms with Gasteiger partial charge in [0, 0.05) is 16.7 Å². The van der Waals surface area contributed by atoms with Crippen molar-refractivity contribution in [3.05, 3.63) is 65.2 Å². The minimum Gasteiger partial charge on any atom is -0.312 e. The van der Waals surface area contributed by atoms with E-state index in [9.17, 15) is 8.78 Å². The molecule has 0 spiro atoms. The van der Waals surface area contributed by atoms with Crippen LogP contribution in [-0.4, -0.2) is 12.8 Å². The molecule has 1 atom stereocenters. The van der Waals surface area contributed by atoms with Gasteiger partial charge in [-0.25, -0.2) is 8.78 Å². The van der Waals surface area contributed by atoms with Gasteiger partial charge in [0.1, 0.15) is 11.6 Å². The lowest BCUT2D eigenvalue weighted by Crippen LogP contribution is -2.19. The highest BCUT2D eigenvalue weighted by Gasteiger charge is 2.11. The largest absolute Gasteiger partial charge is 0.312 e. The van der Waals surface area contributed by atoms with Crippen LogP contribution >= 0.6 is 11.8 Å². The summed E-state index contributed by atoms with van der Waals surface area (Å²) < 4.78 is 26.3. The lowest BCUT2D eigenvalue weighted by molar-refractivity contribution is 0.609. The van der Waals surface area contributed by atoms with Crippen LogP contribution in [0.5, 0.6) is 0 Å². The third kappa shape index (κ3) is 4.05. The maximum atomic E-state index is 13.5. The van der Waals surface area contributed by atoms with E-state index in [0.717, 1.165) is 21.8 Å². The second-order valence-corrected chi connectivity index (χ2v) is 5.76. The fourth-order valence-corrected chi connectivity index (χ4v) is 3.07. The van der Waals surface area contributed by atoms with Crippen molar-refractivity contribution in [2.75, 3.05) is 12.8 Å². The van der Waals surface area contributed by atoms with Gasteiger partial charge in [-0.2, -0.15) is 0 Å². The molecule has 0 aliphatic carbocycles. The van der Waals surface area contributed by atoms with Crippen molar-refractivity contribution in [3.8, 4) is 0 Å². The van der Waals surface area contributed by atoms with Gasteiger partial charge in [0.2, 0.25) is 0 Å². The molecule has 0 aliphatic heterocycles. The molecule has 0 radical (unpaired) electrons. The van der Waals surface area contributed by atoms with E-state index in [0.29, 0.717) is 0 Å². The van der Waals surface area contributed by atoms with Crippen LogP contribution < -0.4 is 5.32 Å².